The molecule has 4 nitrogen and oxygen atoms in total. The molecule has 0 spiro atoms. The third-order valence-corrected chi connectivity index (χ3v) is 3.63. The third-order valence-electron chi connectivity index (χ3n) is 3.63. The SMILES string of the molecule is CC1CCCN(C(=O)c2ccc3cn[nH]c3c2)C1. The number of likely N-dealkylation sites (tertiary alicyclic amines) is 1. The van der Waals surface area contributed by atoms with Crippen molar-refractivity contribution in [1.29, 1.82) is 0 Å². The van der Waals surface area contributed by atoms with E-state index in [2.05, 4.69) is 17.1 Å². The Bertz CT molecular complexity index is 575. The van der Waals surface area contributed by atoms with Crippen LogP contribution in [0.25, 0.3) is 10.9 Å². The predicted molar refractivity (Wildman–Crippen MR) is 70.4 cm³/mol. The molecule has 1 unspecified atom stereocenters. The second-order valence-electron chi connectivity index (χ2n) is 5.17. The van der Waals surface area contributed by atoms with Gasteiger partial charge < -0.3 is 4.90 Å². The Morgan fingerprint density at radius 1 is 1.50 bits per heavy atom. The number of hydrogen-bond donors (Lipinski definition) is 1. The number of piperidine rings is 1. The van der Waals surface area contributed by atoms with E-state index in [-0.39, 0.29) is 5.91 Å². The lowest BCUT2D eigenvalue weighted by atomic mass is 9.99. The second-order valence-corrected chi connectivity index (χ2v) is 5.17. The highest BCUT2D eigenvalue weighted by Gasteiger charge is 2.22. The highest BCUT2D eigenvalue weighted by molar-refractivity contribution is 5.97. The molecule has 0 radical (unpaired) electrons. The molecule has 1 fully saturated rings. The van der Waals surface area contributed by atoms with Gasteiger partial charge in [-0.15, -0.1) is 0 Å². The Labute approximate surface area is 106 Å². The van der Waals surface area contributed by atoms with Gasteiger partial charge in [0, 0.05) is 24.0 Å². The number of amides is 1. The summed E-state index contributed by atoms with van der Waals surface area (Å²) in [6, 6.07) is 5.73. The summed E-state index contributed by atoms with van der Waals surface area (Å²) in [6.45, 7) is 3.96. The number of H-pyrrole nitrogens is 1. The highest BCUT2D eigenvalue weighted by Crippen LogP contribution is 2.19. The number of rotatable bonds is 1. The van der Waals surface area contributed by atoms with Crippen LogP contribution >= 0.6 is 0 Å². The molecule has 1 aromatic carbocycles. The summed E-state index contributed by atoms with van der Waals surface area (Å²) < 4.78 is 0. The quantitative estimate of drug-likeness (QED) is 0.836. The van der Waals surface area contributed by atoms with Crippen molar-refractivity contribution in [1.82, 2.24) is 15.1 Å². The number of hydrogen-bond acceptors (Lipinski definition) is 2. The lowest BCUT2D eigenvalue weighted by Crippen LogP contribution is -2.39. The normalized spacial score (nSPS) is 20.3. The Morgan fingerprint density at radius 3 is 3.22 bits per heavy atom. The third kappa shape index (κ3) is 1.98. The predicted octanol–water partition coefficient (Wildman–Crippen LogP) is 2.44. The molecule has 1 aliphatic rings. The molecule has 94 valence electrons. The monoisotopic (exact) mass is 243 g/mol. The molecule has 1 aliphatic heterocycles. The minimum Gasteiger partial charge on any atom is -0.338 e. The molecule has 4 heteroatoms. The zero-order valence-electron chi connectivity index (χ0n) is 10.5. The first kappa shape index (κ1) is 11.3. The molecule has 0 saturated carbocycles. The summed E-state index contributed by atoms with van der Waals surface area (Å²) in [4.78, 5) is 14.4. The largest absolute Gasteiger partial charge is 0.338 e. The standard InChI is InChI=1S/C14H17N3O/c1-10-3-2-6-17(9-10)14(18)11-4-5-12-8-15-16-13(12)7-11/h4-5,7-8,10H,2-3,6,9H2,1H3,(H,15,16). The van der Waals surface area contributed by atoms with E-state index < -0.39 is 0 Å². The molecule has 2 heterocycles. The van der Waals surface area contributed by atoms with Crippen LogP contribution in [-0.2, 0) is 0 Å². The maximum absolute atomic E-state index is 12.4. The van der Waals surface area contributed by atoms with Crippen molar-refractivity contribution in [3.8, 4) is 0 Å². The molecule has 1 amide bonds. The van der Waals surface area contributed by atoms with Gasteiger partial charge in [-0.05, 0) is 30.9 Å². The lowest BCUT2D eigenvalue weighted by molar-refractivity contribution is 0.0683. The minimum absolute atomic E-state index is 0.137. The minimum atomic E-state index is 0.137. The molecule has 1 saturated heterocycles. The number of aromatic nitrogens is 2. The molecule has 1 aromatic heterocycles. The van der Waals surface area contributed by atoms with Crippen molar-refractivity contribution >= 4 is 16.8 Å². The van der Waals surface area contributed by atoms with E-state index in [4.69, 9.17) is 0 Å². The fourth-order valence-corrected chi connectivity index (χ4v) is 2.63. The fraction of sp³-hybridized carbons (Fsp3) is 0.429. The van der Waals surface area contributed by atoms with E-state index in [1.165, 1.54) is 6.42 Å². The number of fused-ring (bicyclic) bond motifs is 1. The number of nitrogens with one attached hydrogen (secondary N) is 1. The molecule has 18 heavy (non-hydrogen) atoms. The van der Waals surface area contributed by atoms with Crippen molar-refractivity contribution < 1.29 is 4.79 Å². The van der Waals surface area contributed by atoms with E-state index >= 15 is 0 Å². The van der Waals surface area contributed by atoms with Crippen LogP contribution in [0.15, 0.2) is 24.4 Å². The average Bonchev–Trinajstić information content (AvgIpc) is 2.85. The Kier molecular flexibility index (Phi) is 2.78. The Balaban J connectivity index is 1.86. The van der Waals surface area contributed by atoms with Crippen LogP contribution in [-0.4, -0.2) is 34.1 Å². The van der Waals surface area contributed by atoms with Crippen LogP contribution in [0, 0.1) is 5.92 Å². The van der Waals surface area contributed by atoms with Gasteiger partial charge in [0.05, 0.1) is 11.7 Å². The average molecular weight is 243 g/mol. The molecule has 3 rings (SSSR count). The zero-order valence-corrected chi connectivity index (χ0v) is 10.5. The first-order valence-corrected chi connectivity index (χ1v) is 6.46. The van der Waals surface area contributed by atoms with E-state index in [0.29, 0.717) is 5.92 Å². The van der Waals surface area contributed by atoms with Gasteiger partial charge in [-0.2, -0.15) is 5.10 Å². The molecule has 1 atom stereocenters. The Hall–Kier alpha value is -1.84. The first-order valence-electron chi connectivity index (χ1n) is 6.46. The van der Waals surface area contributed by atoms with Gasteiger partial charge >= 0.3 is 0 Å². The summed E-state index contributed by atoms with van der Waals surface area (Å²) in [5.41, 5.74) is 1.67. The van der Waals surface area contributed by atoms with Gasteiger partial charge in [0.25, 0.3) is 5.91 Å². The van der Waals surface area contributed by atoms with Gasteiger partial charge in [-0.1, -0.05) is 13.0 Å². The molecule has 0 aliphatic carbocycles. The lowest BCUT2D eigenvalue weighted by Gasteiger charge is -2.31. The van der Waals surface area contributed by atoms with Gasteiger partial charge in [0.2, 0.25) is 0 Å². The number of nitrogens with zero attached hydrogens (tertiary/aromatic N) is 2. The van der Waals surface area contributed by atoms with Crippen LogP contribution in [0.4, 0.5) is 0 Å². The van der Waals surface area contributed by atoms with Crippen LogP contribution in [0.1, 0.15) is 30.1 Å². The molecule has 0 bridgehead atoms. The zero-order chi connectivity index (χ0) is 12.5. The Morgan fingerprint density at radius 2 is 2.39 bits per heavy atom. The fourth-order valence-electron chi connectivity index (χ4n) is 2.63. The van der Waals surface area contributed by atoms with E-state index in [9.17, 15) is 4.79 Å². The van der Waals surface area contributed by atoms with Crippen molar-refractivity contribution in [2.45, 2.75) is 19.8 Å². The second kappa shape index (κ2) is 4.44. The molecular formula is C14H17N3O. The van der Waals surface area contributed by atoms with Gasteiger partial charge in [-0.3, -0.25) is 9.89 Å². The van der Waals surface area contributed by atoms with Crippen LogP contribution in [0.5, 0.6) is 0 Å². The smallest absolute Gasteiger partial charge is 0.253 e. The van der Waals surface area contributed by atoms with Crippen molar-refractivity contribution in [2.24, 2.45) is 5.92 Å². The summed E-state index contributed by atoms with van der Waals surface area (Å²) in [6.07, 6.45) is 4.11. The molecular weight excluding hydrogens is 226 g/mol. The topological polar surface area (TPSA) is 49.0 Å². The van der Waals surface area contributed by atoms with Gasteiger partial charge in [-0.25, -0.2) is 0 Å². The number of aromatic amines is 1. The molecule has 2 aromatic rings. The number of carbonyl (C=O) groups excluding carboxylic acids is 1. The van der Waals surface area contributed by atoms with Crippen LogP contribution in [0.2, 0.25) is 0 Å². The highest BCUT2D eigenvalue weighted by atomic mass is 16.2. The van der Waals surface area contributed by atoms with Crippen LogP contribution in [0.3, 0.4) is 0 Å². The summed E-state index contributed by atoms with van der Waals surface area (Å²) >= 11 is 0. The molecule has 1 N–H and O–H groups in total. The van der Waals surface area contributed by atoms with Gasteiger partial charge in [0.1, 0.15) is 0 Å². The van der Waals surface area contributed by atoms with Crippen molar-refractivity contribution in [3.05, 3.63) is 30.0 Å². The van der Waals surface area contributed by atoms with Crippen LogP contribution < -0.4 is 0 Å². The maximum Gasteiger partial charge on any atom is 0.253 e. The van der Waals surface area contributed by atoms with Crippen molar-refractivity contribution in [3.63, 3.8) is 0 Å². The summed E-state index contributed by atoms with van der Waals surface area (Å²) in [5, 5.41) is 7.92. The van der Waals surface area contributed by atoms with Gasteiger partial charge in [0.15, 0.2) is 0 Å². The van der Waals surface area contributed by atoms with Crippen molar-refractivity contribution in [2.75, 3.05) is 13.1 Å². The first-order chi connectivity index (χ1) is 8.74. The van der Waals surface area contributed by atoms with E-state index in [1.807, 2.05) is 23.1 Å². The summed E-state index contributed by atoms with van der Waals surface area (Å²) in [5.74, 6) is 0.747. The number of carbonyl (C=O) groups is 1. The summed E-state index contributed by atoms with van der Waals surface area (Å²) in [7, 11) is 0. The maximum atomic E-state index is 12.4. The van der Waals surface area contributed by atoms with E-state index in [1.54, 1.807) is 6.20 Å². The number of benzene rings is 1. The van der Waals surface area contributed by atoms with E-state index in [0.717, 1.165) is 36.0 Å².